The minimum Gasteiger partial charge on any atom is -0.348 e. The maximum atomic E-state index is 12.1. The molecule has 22 heavy (non-hydrogen) atoms. The largest absolute Gasteiger partial charge is 0.348 e. The van der Waals surface area contributed by atoms with Crippen molar-refractivity contribution in [2.75, 3.05) is 6.54 Å². The van der Waals surface area contributed by atoms with Crippen LogP contribution < -0.4 is 4.72 Å². The number of H-pyrrole nitrogens is 1. The lowest BCUT2D eigenvalue weighted by atomic mass is 10.2. The van der Waals surface area contributed by atoms with Crippen LogP contribution in [0.15, 0.2) is 59.1 Å². The van der Waals surface area contributed by atoms with Crippen molar-refractivity contribution in [1.29, 1.82) is 0 Å². The fraction of sp³-hybridized carbons (Fsp3) is 0.133. The Hall–Kier alpha value is -1.96. The number of hydrogen-bond donors (Lipinski definition) is 2. The summed E-state index contributed by atoms with van der Waals surface area (Å²) in [5.74, 6) is 0. The van der Waals surface area contributed by atoms with E-state index in [1.165, 1.54) is 0 Å². The predicted octanol–water partition coefficient (Wildman–Crippen LogP) is 2.66. The van der Waals surface area contributed by atoms with E-state index in [0.29, 0.717) is 13.0 Å². The Morgan fingerprint density at radius 1 is 1.14 bits per heavy atom. The molecular weight excluding hydrogens is 318 g/mol. The normalized spacial score (nSPS) is 11.6. The Morgan fingerprint density at radius 2 is 1.95 bits per heavy atom. The molecule has 1 aromatic carbocycles. The van der Waals surface area contributed by atoms with Crippen molar-refractivity contribution < 1.29 is 8.42 Å². The highest BCUT2D eigenvalue weighted by atomic mass is 32.2. The van der Waals surface area contributed by atoms with Crippen LogP contribution in [0, 0.1) is 0 Å². The van der Waals surface area contributed by atoms with Crippen LogP contribution in [0.4, 0.5) is 0 Å². The molecule has 5 nitrogen and oxygen atoms in total. The summed E-state index contributed by atoms with van der Waals surface area (Å²) in [6.45, 7) is 0.317. The van der Waals surface area contributed by atoms with Gasteiger partial charge in [0.2, 0.25) is 10.0 Å². The van der Waals surface area contributed by atoms with Gasteiger partial charge in [-0.15, -0.1) is 11.3 Å². The van der Waals surface area contributed by atoms with Crippen LogP contribution in [0.5, 0.6) is 0 Å². The molecule has 0 saturated heterocycles. The van der Waals surface area contributed by atoms with Crippen molar-refractivity contribution >= 4 is 21.4 Å². The van der Waals surface area contributed by atoms with E-state index in [4.69, 9.17) is 0 Å². The maximum Gasteiger partial charge on any atom is 0.240 e. The zero-order chi connectivity index (χ0) is 15.4. The van der Waals surface area contributed by atoms with Gasteiger partial charge in [0.15, 0.2) is 0 Å². The van der Waals surface area contributed by atoms with Gasteiger partial charge >= 0.3 is 0 Å². The highest BCUT2D eigenvalue weighted by Crippen LogP contribution is 2.25. The van der Waals surface area contributed by atoms with Crippen molar-refractivity contribution in [3.05, 3.63) is 59.9 Å². The van der Waals surface area contributed by atoms with E-state index in [0.717, 1.165) is 16.3 Å². The first-order valence-corrected chi connectivity index (χ1v) is 9.14. The van der Waals surface area contributed by atoms with Gasteiger partial charge in [0.1, 0.15) is 5.69 Å². The summed E-state index contributed by atoms with van der Waals surface area (Å²) >= 11 is 1.61. The standard InChI is InChI=1S/C15H15N3O2S2/c19-22(20,12-5-2-1-3-6-12)18-9-8-13-15(17-11-16-13)14-7-4-10-21-14/h1-7,10-11,18H,8-9H2,(H,16,17). The van der Waals surface area contributed by atoms with Gasteiger partial charge in [0.05, 0.1) is 16.1 Å². The number of aromatic amines is 1. The molecular formula is C15H15N3O2S2. The molecule has 0 bridgehead atoms. The van der Waals surface area contributed by atoms with Crippen LogP contribution in [0.2, 0.25) is 0 Å². The van der Waals surface area contributed by atoms with Crippen molar-refractivity contribution in [1.82, 2.24) is 14.7 Å². The molecule has 2 aromatic heterocycles. The Balaban J connectivity index is 1.66. The van der Waals surface area contributed by atoms with Crippen molar-refractivity contribution in [2.24, 2.45) is 0 Å². The SMILES string of the molecule is O=S(=O)(NCCc1[nH]cnc1-c1cccs1)c1ccccc1. The number of hydrogen-bond acceptors (Lipinski definition) is 4. The minimum atomic E-state index is -3.46. The van der Waals surface area contributed by atoms with Gasteiger partial charge in [-0.05, 0) is 23.6 Å². The van der Waals surface area contributed by atoms with Crippen LogP contribution in [-0.2, 0) is 16.4 Å². The van der Waals surface area contributed by atoms with Crippen LogP contribution in [0.25, 0.3) is 10.6 Å². The molecule has 0 fully saturated rings. The number of rotatable bonds is 6. The number of aromatic nitrogens is 2. The van der Waals surface area contributed by atoms with E-state index >= 15 is 0 Å². The highest BCUT2D eigenvalue weighted by Gasteiger charge is 2.14. The summed E-state index contributed by atoms with van der Waals surface area (Å²) in [7, 11) is -3.46. The average Bonchev–Trinajstić information content (AvgIpc) is 3.18. The summed E-state index contributed by atoms with van der Waals surface area (Å²) in [6.07, 6.45) is 2.19. The zero-order valence-electron chi connectivity index (χ0n) is 11.7. The third-order valence-corrected chi connectivity index (χ3v) is 5.55. The number of nitrogens with one attached hydrogen (secondary N) is 2. The second kappa shape index (κ2) is 6.43. The van der Waals surface area contributed by atoms with Crippen molar-refractivity contribution in [3.8, 4) is 10.6 Å². The van der Waals surface area contributed by atoms with Gasteiger partial charge in [-0.25, -0.2) is 18.1 Å². The molecule has 0 unspecified atom stereocenters. The molecule has 3 aromatic rings. The van der Waals surface area contributed by atoms with E-state index in [1.54, 1.807) is 48.0 Å². The van der Waals surface area contributed by atoms with Crippen LogP contribution in [-0.4, -0.2) is 24.9 Å². The molecule has 0 radical (unpaired) electrons. The van der Waals surface area contributed by atoms with Crippen LogP contribution in [0.3, 0.4) is 0 Å². The molecule has 0 amide bonds. The molecule has 0 atom stereocenters. The first-order valence-electron chi connectivity index (χ1n) is 6.78. The third-order valence-electron chi connectivity index (χ3n) is 3.19. The lowest BCUT2D eigenvalue weighted by Gasteiger charge is -2.06. The Kier molecular flexibility index (Phi) is 4.37. The fourth-order valence-electron chi connectivity index (χ4n) is 2.13. The predicted molar refractivity (Wildman–Crippen MR) is 87.2 cm³/mol. The average molecular weight is 333 g/mol. The van der Waals surface area contributed by atoms with Crippen LogP contribution in [0.1, 0.15) is 5.69 Å². The topological polar surface area (TPSA) is 74.8 Å². The number of benzene rings is 1. The smallest absolute Gasteiger partial charge is 0.240 e. The second-order valence-electron chi connectivity index (χ2n) is 4.67. The second-order valence-corrected chi connectivity index (χ2v) is 7.38. The lowest BCUT2D eigenvalue weighted by Crippen LogP contribution is -2.26. The molecule has 2 N–H and O–H groups in total. The lowest BCUT2D eigenvalue weighted by molar-refractivity contribution is 0.581. The van der Waals surface area contributed by atoms with Gasteiger partial charge in [-0.3, -0.25) is 0 Å². The van der Waals surface area contributed by atoms with Crippen LogP contribution >= 0.6 is 11.3 Å². The summed E-state index contributed by atoms with van der Waals surface area (Å²) < 4.78 is 26.9. The maximum absolute atomic E-state index is 12.1. The van der Waals surface area contributed by atoms with Crippen molar-refractivity contribution in [2.45, 2.75) is 11.3 Å². The number of nitrogens with zero attached hydrogens (tertiary/aromatic N) is 1. The summed E-state index contributed by atoms with van der Waals surface area (Å²) in [5, 5.41) is 1.99. The van der Waals surface area contributed by atoms with Gasteiger partial charge in [0.25, 0.3) is 0 Å². The molecule has 0 aliphatic carbocycles. The summed E-state index contributed by atoms with van der Waals surface area (Å²) in [4.78, 5) is 8.74. The Morgan fingerprint density at radius 3 is 2.68 bits per heavy atom. The van der Waals surface area contributed by atoms with Gasteiger partial charge in [-0.1, -0.05) is 24.3 Å². The number of thiophene rings is 1. The van der Waals surface area contributed by atoms with Gasteiger partial charge in [0, 0.05) is 18.7 Å². The number of imidazole rings is 1. The van der Waals surface area contributed by atoms with E-state index in [9.17, 15) is 8.42 Å². The molecule has 2 heterocycles. The molecule has 3 rings (SSSR count). The van der Waals surface area contributed by atoms with Crippen molar-refractivity contribution in [3.63, 3.8) is 0 Å². The van der Waals surface area contributed by atoms with E-state index in [2.05, 4.69) is 14.7 Å². The van der Waals surface area contributed by atoms with Gasteiger partial charge in [-0.2, -0.15) is 0 Å². The van der Waals surface area contributed by atoms with Gasteiger partial charge < -0.3 is 4.98 Å². The first kappa shape index (κ1) is 15.0. The Bertz CT molecular complexity index is 825. The molecule has 7 heteroatoms. The summed E-state index contributed by atoms with van der Waals surface area (Å²) in [5.41, 5.74) is 1.81. The highest BCUT2D eigenvalue weighted by molar-refractivity contribution is 7.89. The van der Waals surface area contributed by atoms with E-state index in [-0.39, 0.29) is 4.90 Å². The van der Waals surface area contributed by atoms with E-state index in [1.807, 2.05) is 17.5 Å². The molecule has 0 aliphatic heterocycles. The fourth-order valence-corrected chi connectivity index (χ4v) is 3.93. The minimum absolute atomic E-state index is 0.276. The third kappa shape index (κ3) is 3.27. The Labute approximate surface area is 133 Å². The molecule has 0 spiro atoms. The monoisotopic (exact) mass is 333 g/mol. The quantitative estimate of drug-likeness (QED) is 0.728. The summed E-state index contributed by atoms with van der Waals surface area (Å²) in [6, 6.07) is 12.3. The first-order chi connectivity index (χ1) is 10.7. The molecule has 114 valence electrons. The molecule has 0 aliphatic rings. The zero-order valence-corrected chi connectivity index (χ0v) is 13.3. The van der Waals surface area contributed by atoms with E-state index < -0.39 is 10.0 Å². The molecule has 0 saturated carbocycles. The number of sulfonamides is 1.